The average Bonchev–Trinajstić information content (AvgIpc) is 3.35. The molecule has 0 amide bonds. The van der Waals surface area contributed by atoms with Crippen LogP contribution in [0.4, 0.5) is 0 Å². The standard InChI is InChI=1S/4C6H7.Hf/c4*1-6-4-2-3-5-6;/h4*2,4H,3H2,1H3;. The van der Waals surface area contributed by atoms with Gasteiger partial charge in [-0.2, -0.15) is 0 Å². The first kappa shape index (κ1) is 17.2. The molecule has 25 heavy (non-hydrogen) atoms. The van der Waals surface area contributed by atoms with Crippen molar-refractivity contribution in [1.29, 1.82) is 0 Å². The molecule has 0 saturated heterocycles. The first-order valence-corrected chi connectivity index (χ1v) is 16.7. The molecular formula is C24H28Hf. The van der Waals surface area contributed by atoms with E-state index >= 15 is 0 Å². The summed E-state index contributed by atoms with van der Waals surface area (Å²) in [5.74, 6) is 0. The molecule has 0 spiro atoms. The summed E-state index contributed by atoms with van der Waals surface area (Å²) in [6, 6.07) is 0. The average molecular weight is 495 g/mol. The van der Waals surface area contributed by atoms with Crippen LogP contribution in [0.3, 0.4) is 0 Å². The van der Waals surface area contributed by atoms with E-state index in [-0.39, 0.29) is 0 Å². The molecule has 0 unspecified atom stereocenters. The van der Waals surface area contributed by atoms with Crippen molar-refractivity contribution < 1.29 is 20.0 Å². The zero-order chi connectivity index (χ0) is 17.6. The van der Waals surface area contributed by atoms with Gasteiger partial charge in [0.25, 0.3) is 0 Å². The van der Waals surface area contributed by atoms with Gasteiger partial charge in [0, 0.05) is 0 Å². The van der Waals surface area contributed by atoms with Crippen molar-refractivity contribution in [3.05, 3.63) is 84.2 Å². The van der Waals surface area contributed by atoms with E-state index in [0.717, 1.165) is 0 Å². The summed E-state index contributed by atoms with van der Waals surface area (Å²) in [5, 5.41) is 0. The molecule has 0 radical (unpaired) electrons. The van der Waals surface area contributed by atoms with Gasteiger partial charge in [-0.1, -0.05) is 0 Å². The van der Waals surface area contributed by atoms with Crippen LogP contribution >= 0.6 is 0 Å². The second-order valence-electron chi connectivity index (χ2n) is 7.82. The fraction of sp³-hybridized carbons (Fsp3) is 0.333. The van der Waals surface area contributed by atoms with Gasteiger partial charge in [0.15, 0.2) is 0 Å². The van der Waals surface area contributed by atoms with Gasteiger partial charge in [-0.15, -0.1) is 0 Å². The second-order valence-corrected chi connectivity index (χ2v) is 21.9. The van der Waals surface area contributed by atoms with Crippen LogP contribution in [0.1, 0.15) is 53.4 Å². The molecule has 0 aromatic heterocycles. The van der Waals surface area contributed by atoms with Crippen molar-refractivity contribution in [2.45, 2.75) is 53.4 Å². The molecule has 1 heteroatoms. The van der Waals surface area contributed by atoms with Gasteiger partial charge in [0.05, 0.1) is 0 Å². The Kier molecular flexibility index (Phi) is 4.48. The van der Waals surface area contributed by atoms with Crippen molar-refractivity contribution in [1.82, 2.24) is 0 Å². The Hall–Kier alpha value is -1.21. The molecule has 0 N–H and O–H groups in total. The minimum absolute atomic E-state index is 1.18. The molecule has 128 valence electrons. The Morgan fingerprint density at radius 2 is 0.720 bits per heavy atom. The maximum absolute atomic E-state index is 3.26. The number of hydrogen-bond donors (Lipinski definition) is 0. The first-order valence-electron chi connectivity index (χ1n) is 9.54. The Balaban J connectivity index is 2.07. The SMILES string of the molecule is CC1=[C]([Hf]([C]2=C(C)C=CC2)([C]2=C(C)C=CC2)[C]2=C(C)C=CC2)CC=C1. The Morgan fingerprint density at radius 3 is 0.880 bits per heavy atom. The van der Waals surface area contributed by atoms with Crippen molar-refractivity contribution in [2.24, 2.45) is 0 Å². The molecule has 0 aliphatic heterocycles. The molecule has 0 aromatic rings. The summed E-state index contributed by atoms with van der Waals surface area (Å²) in [4.78, 5) is 0. The van der Waals surface area contributed by atoms with E-state index in [0.29, 0.717) is 0 Å². The van der Waals surface area contributed by atoms with Crippen molar-refractivity contribution >= 4 is 0 Å². The van der Waals surface area contributed by atoms with Crippen LogP contribution in [-0.2, 0) is 20.0 Å². The molecule has 0 atom stereocenters. The van der Waals surface area contributed by atoms with E-state index in [1.807, 2.05) is 13.3 Å². The van der Waals surface area contributed by atoms with Gasteiger partial charge in [0.2, 0.25) is 0 Å². The van der Waals surface area contributed by atoms with E-state index < -0.39 is 20.0 Å². The van der Waals surface area contributed by atoms with Crippen LogP contribution in [-0.4, -0.2) is 0 Å². The van der Waals surface area contributed by atoms with Crippen LogP contribution in [0, 0.1) is 0 Å². The van der Waals surface area contributed by atoms with Gasteiger partial charge < -0.3 is 0 Å². The molecular weight excluding hydrogens is 467 g/mol. The summed E-state index contributed by atoms with van der Waals surface area (Å²) >= 11 is -3.26. The number of hydrogen-bond acceptors (Lipinski definition) is 0. The third-order valence-corrected chi connectivity index (χ3v) is 28.1. The van der Waals surface area contributed by atoms with E-state index in [4.69, 9.17) is 0 Å². The Labute approximate surface area is 157 Å². The third-order valence-electron chi connectivity index (χ3n) is 6.47. The zero-order valence-corrected chi connectivity index (χ0v) is 19.5. The molecule has 0 bridgehead atoms. The zero-order valence-electron chi connectivity index (χ0n) is 15.9. The molecule has 4 aliphatic carbocycles. The molecule has 0 nitrogen and oxygen atoms in total. The van der Waals surface area contributed by atoms with Crippen LogP contribution in [0.15, 0.2) is 84.2 Å². The fourth-order valence-corrected chi connectivity index (χ4v) is 29.0. The molecule has 0 saturated carbocycles. The predicted molar refractivity (Wildman–Crippen MR) is 106 cm³/mol. The molecule has 0 aromatic carbocycles. The van der Waals surface area contributed by atoms with Crippen LogP contribution < -0.4 is 0 Å². The monoisotopic (exact) mass is 496 g/mol. The van der Waals surface area contributed by atoms with E-state index in [1.165, 1.54) is 25.7 Å². The molecule has 0 fully saturated rings. The minimum atomic E-state index is -3.26. The normalized spacial score (nSPS) is 22.9. The van der Waals surface area contributed by atoms with Crippen LogP contribution in [0.5, 0.6) is 0 Å². The molecule has 4 rings (SSSR count). The van der Waals surface area contributed by atoms with Gasteiger partial charge in [-0.3, -0.25) is 0 Å². The molecule has 0 heterocycles. The van der Waals surface area contributed by atoms with E-state index in [2.05, 4.69) is 76.3 Å². The van der Waals surface area contributed by atoms with Gasteiger partial charge in [0.1, 0.15) is 0 Å². The summed E-state index contributed by atoms with van der Waals surface area (Å²) in [6.07, 6.45) is 23.9. The Morgan fingerprint density at radius 1 is 0.480 bits per heavy atom. The van der Waals surface area contributed by atoms with Crippen LogP contribution in [0.2, 0.25) is 0 Å². The third kappa shape index (κ3) is 2.50. The van der Waals surface area contributed by atoms with Gasteiger partial charge >= 0.3 is 158 Å². The fourth-order valence-electron chi connectivity index (χ4n) is 5.35. The summed E-state index contributed by atoms with van der Waals surface area (Å²) < 4.78 is 7.34. The van der Waals surface area contributed by atoms with Crippen molar-refractivity contribution in [3.8, 4) is 0 Å². The second kappa shape index (κ2) is 6.50. The number of allylic oxidation sites excluding steroid dienone is 16. The predicted octanol–water partition coefficient (Wildman–Crippen LogP) is 7.08. The maximum atomic E-state index is 2.41. The van der Waals surface area contributed by atoms with Crippen molar-refractivity contribution in [3.63, 3.8) is 0 Å². The van der Waals surface area contributed by atoms with E-state index in [9.17, 15) is 0 Å². The number of rotatable bonds is 4. The quantitative estimate of drug-likeness (QED) is 0.366. The summed E-state index contributed by atoms with van der Waals surface area (Å²) in [5.41, 5.74) is 6.25. The topological polar surface area (TPSA) is 0 Å². The first-order chi connectivity index (χ1) is 12.1. The molecule has 4 aliphatic rings. The Bertz CT molecular complexity index is 726. The van der Waals surface area contributed by atoms with Crippen molar-refractivity contribution in [2.75, 3.05) is 0 Å². The summed E-state index contributed by atoms with van der Waals surface area (Å²) in [7, 11) is 0. The van der Waals surface area contributed by atoms with Crippen LogP contribution in [0.25, 0.3) is 0 Å². The van der Waals surface area contributed by atoms with Gasteiger partial charge in [-0.25, -0.2) is 0 Å². The summed E-state index contributed by atoms with van der Waals surface area (Å²) in [6.45, 7) is 9.45. The van der Waals surface area contributed by atoms with Gasteiger partial charge in [-0.05, 0) is 0 Å². The van der Waals surface area contributed by atoms with E-state index in [1.54, 1.807) is 22.3 Å².